The lowest BCUT2D eigenvalue weighted by Gasteiger charge is -2.42. The molecule has 1 saturated carbocycles. The van der Waals surface area contributed by atoms with Crippen LogP contribution in [-0.4, -0.2) is 21.2 Å². The molecular formula is C25H42O2Si. The highest BCUT2D eigenvalue weighted by Gasteiger charge is 2.44. The number of rotatable bonds is 14. The van der Waals surface area contributed by atoms with Crippen molar-refractivity contribution in [2.75, 3.05) is 7.11 Å². The largest absolute Gasteiger partial charge is 0.469 e. The topological polar surface area (TPSA) is 26.3 Å². The van der Waals surface area contributed by atoms with E-state index >= 15 is 0 Å². The molecule has 1 aromatic carbocycles. The van der Waals surface area contributed by atoms with Crippen LogP contribution in [0.4, 0.5) is 0 Å². The van der Waals surface area contributed by atoms with Gasteiger partial charge in [-0.15, -0.1) is 0 Å². The highest BCUT2D eigenvalue weighted by atomic mass is 28.3. The molecule has 0 unspecified atom stereocenters. The molecule has 2 rings (SSSR count). The first-order valence-corrected chi connectivity index (χ1v) is 14.4. The third kappa shape index (κ3) is 6.47. The molecule has 0 heterocycles. The fourth-order valence-electron chi connectivity index (χ4n) is 5.08. The Morgan fingerprint density at radius 2 is 1.54 bits per heavy atom. The molecule has 28 heavy (non-hydrogen) atoms. The summed E-state index contributed by atoms with van der Waals surface area (Å²) < 4.78 is 5.11. The molecule has 2 atom stereocenters. The second-order valence-electron chi connectivity index (χ2n) is 8.94. The number of hydrogen-bond donors (Lipinski definition) is 0. The van der Waals surface area contributed by atoms with Gasteiger partial charge in [-0.25, -0.2) is 0 Å². The minimum atomic E-state index is -1.61. The molecule has 0 radical (unpaired) electrons. The van der Waals surface area contributed by atoms with Crippen LogP contribution in [0.5, 0.6) is 0 Å². The van der Waals surface area contributed by atoms with E-state index in [0.29, 0.717) is 5.92 Å². The second kappa shape index (κ2) is 12.5. The molecule has 0 N–H and O–H groups in total. The van der Waals surface area contributed by atoms with Gasteiger partial charge in [-0.2, -0.15) is 0 Å². The van der Waals surface area contributed by atoms with Crippen LogP contribution in [0.2, 0.25) is 18.1 Å². The normalized spacial score (nSPS) is 19.2. The third-order valence-electron chi connectivity index (χ3n) is 6.98. The number of esters is 1. The van der Waals surface area contributed by atoms with Crippen molar-refractivity contribution in [3.8, 4) is 0 Å². The van der Waals surface area contributed by atoms with E-state index in [1.54, 1.807) is 12.3 Å². The Morgan fingerprint density at radius 3 is 2.00 bits per heavy atom. The summed E-state index contributed by atoms with van der Waals surface area (Å²) in [6.45, 7) is 4.59. The molecule has 1 aliphatic rings. The molecule has 2 nitrogen and oxygen atoms in total. The minimum absolute atomic E-state index is 0.0316. The number of ether oxygens (including phenoxy) is 1. The first-order valence-electron chi connectivity index (χ1n) is 11.8. The maximum atomic E-state index is 12.2. The van der Waals surface area contributed by atoms with E-state index in [4.69, 9.17) is 4.74 Å². The van der Waals surface area contributed by atoms with Gasteiger partial charge in [-0.05, 0) is 24.8 Å². The molecule has 0 spiro atoms. The van der Waals surface area contributed by atoms with Crippen molar-refractivity contribution in [2.24, 2.45) is 11.8 Å². The molecule has 0 saturated heterocycles. The van der Waals surface area contributed by atoms with Crippen molar-refractivity contribution < 1.29 is 9.53 Å². The fourth-order valence-corrected chi connectivity index (χ4v) is 10.8. The minimum Gasteiger partial charge on any atom is -0.469 e. The van der Waals surface area contributed by atoms with Crippen molar-refractivity contribution >= 4 is 19.2 Å². The maximum absolute atomic E-state index is 12.2. The molecule has 1 fully saturated rings. The highest BCUT2D eigenvalue weighted by molar-refractivity contribution is 6.92. The van der Waals surface area contributed by atoms with E-state index in [0.717, 1.165) is 6.42 Å². The first-order chi connectivity index (χ1) is 13.7. The van der Waals surface area contributed by atoms with E-state index < -0.39 is 8.07 Å². The van der Waals surface area contributed by atoms with Crippen LogP contribution in [0.3, 0.4) is 0 Å². The Hall–Kier alpha value is -1.09. The van der Waals surface area contributed by atoms with Crippen molar-refractivity contribution in [1.82, 2.24) is 0 Å². The number of hydrogen-bond acceptors (Lipinski definition) is 2. The Morgan fingerprint density at radius 1 is 0.929 bits per heavy atom. The highest BCUT2D eigenvalue weighted by Crippen LogP contribution is 2.43. The van der Waals surface area contributed by atoms with E-state index in [2.05, 4.69) is 44.2 Å². The quantitative estimate of drug-likeness (QED) is 0.196. The summed E-state index contributed by atoms with van der Waals surface area (Å²) in [5.74, 6) is 0.743. The maximum Gasteiger partial charge on any atom is 0.308 e. The van der Waals surface area contributed by atoms with Gasteiger partial charge in [0, 0.05) is 0 Å². The van der Waals surface area contributed by atoms with Crippen LogP contribution in [0.1, 0.15) is 78.1 Å². The van der Waals surface area contributed by atoms with Crippen LogP contribution in [0.25, 0.3) is 0 Å². The summed E-state index contributed by atoms with van der Waals surface area (Å²) in [4.78, 5) is 12.2. The van der Waals surface area contributed by atoms with E-state index in [-0.39, 0.29) is 11.9 Å². The molecule has 0 bridgehead atoms. The lowest BCUT2D eigenvalue weighted by molar-refractivity contribution is -0.151. The molecule has 0 amide bonds. The van der Waals surface area contributed by atoms with E-state index in [1.165, 1.54) is 75.9 Å². The Kier molecular flexibility index (Phi) is 10.3. The standard InChI is InChI=1S/C25H42O2Si/c1-4-6-8-13-19-28(20-14-9-7-5-2,23-15-11-10-12-16-23)21-22-17-18-24(22)25(26)27-3/h10-12,15-16,22,24H,4-9,13-14,17-21H2,1-3H3/t22-,24-/m1/s1. The molecular weight excluding hydrogens is 360 g/mol. The van der Waals surface area contributed by atoms with Gasteiger partial charge in [0.1, 0.15) is 0 Å². The number of benzene rings is 1. The summed E-state index contributed by atoms with van der Waals surface area (Å²) in [7, 11) is -0.0619. The van der Waals surface area contributed by atoms with Crippen molar-refractivity contribution in [3.63, 3.8) is 0 Å². The van der Waals surface area contributed by atoms with Crippen LogP contribution in [-0.2, 0) is 9.53 Å². The summed E-state index contributed by atoms with van der Waals surface area (Å²) in [6, 6.07) is 15.5. The molecule has 3 heteroatoms. The average molecular weight is 403 g/mol. The van der Waals surface area contributed by atoms with Gasteiger partial charge in [-0.3, -0.25) is 4.79 Å². The number of carbonyl (C=O) groups is 1. The Bertz CT molecular complexity index is 545. The Labute approximate surface area is 174 Å². The summed E-state index contributed by atoms with van der Waals surface area (Å²) in [5, 5.41) is 1.64. The average Bonchev–Trinajstić information content (AvgIpc) is 2.71. The molecule has 0 aromatic heterocycles. The predicted molar refractivity (Wildman–Crippen MR) is 123 cm³/mol. The second-order valence-corrected chi connectivity index (χ2v) is 13.5. The molecule has 0 aliphatic heterocycles. The van der Waals surface area contributed by atoms with Gasteiger partial charge < -0.3 is 4.74 Å². The van der Waals surface area contributed by atoms with Gasteiger partial charge in [0.05, 0.1) is 21.1 Å². The molecule has 1 aromatic rings. The Balaban J connectivity index is 2.19. The van der Waals surface area contributed by atoms with Gasteiger partial charge in [-0.1, -0.05) is 113 Å². The first kappa shape index (κ1) is 23.2. The summed E-state index contributed by atoms with van der Waals surface area (Å²) in [6.07, 6.45) is 13.0. The van der Waals surface area contributed by atoms with Gasteiger partial charge in [0.2, 0.25) is 0 Å². The SMILES string of the molecule is CCCCCC[Si](CCCCCC)(C[C@H]1CC[C@H]1C(=O)OC)c1ccccc1. The number of carbonyl (C=O) groups excluding carboxylic acids is 1. The van der Waals surface area contributed by atoms with Crippen LogP contribution in [0.15, 0.2) is 30.3 Å². The van der Waals surface area contributed by atoms with Crippen LogP contribution < -0.4 is 5.19 Å². The zero-order chi connectivity index (χ0) is 20.2. The van der Waals surface area contributed by atoms with E-state index in [9.17, 15) is 4.79 Å². The van der Waals surface area contributed by atoms with Gasteiger partial charge >= 0.3 is 5.97 Å². The smallest absolute Gasteiger partial charge is 0.308 e. The fraction of sp³-hybridized carbons (Fsp3) is 0.720. The number of unbranched alkanes of at least 4 members (excludes halogenated alkanes) is 6. The van der Waals surface area contributed by atoms with Crippen molar-refractivity contribution in [2.45, 2.75) is 96.2 Å². The summed E-state index contributed by atoms with van der Waals surface area (Å²) >= 11 is 0. The zero-order valence-electron chi connectivity index (χ0n) is 18.6. The summed E-state index contributed by atoms with van der Waals surface area (Å²) in [5.41, 5.74) is 0. The third-order valence-corrected chi connectivity index (χ3v) is 12.5. The molecule has 158 valence electrons. The monoisotopic (exact) mass is 402 g/mol. The van der Waals surface area contributed by atoms with Gasteiger partial charge in [0.25, 0.3) is 0 Å². The predicted octanol–water partition coefficient (Wildman–Crippen LogP) is 6.70. The van der Waals surface area contributed by atoms with Gasteiger partial charge in [0.15, 0.2) is 0 Å². The zero-order valence-corrected chi connectivity index (χ0v) is 19.6. The number of methoxy groups -OCH3 is 1. The lowest BCUT2D eigenvalue weighted by Crippen LogP contribution is -2.51. The van der Waals surface area contributed by atoms with Crippen molar-refractivity contribution in [1.29, 1.82) is 0 Å². The van der Waals surface area contributed by atoms with Crippen molar-refractivity contribution in [3.05, 3.63) is 30.3 Å². The molecule has 1 aliphatic carbocycles. The van der Waals surface area contributed by atoms with Crippen LogP contribution in [0, 0.1) is 11.8 Å². The van der Waals surface area contributed by atoms with E-state index in [1.807, 2.05) is 0 Å². The van der Waals surface area contributed by atoms with Crippen LogP contribution >= 0.6 is 0 Å². The lowest BCUT2D eigenvalue weighted by atomic mass is 9.75.